The molecular formula is C9H13NO. The number of aromatic nitrogens is 1. The molecule has 0 radical (unpaired) electrons. The van der Waals surface area contributed by atoms with Crippen molar-refractivity contribution < 1.29 is 5.11 Å². The van der Waals surface area contributed by atoms with Gasteiger partial charge in [-0.05, 0) is 25.0 Å². The van der Waals surface area contributed by atoms with Crippen LogP contribution in [0.15, 0.2) is 18.3 Å². The van der Waals surface area contributed by atoms with Gasteiger partial charge in [0.1, 0.15) is 5.60 Å². The molecule has 2 nitrogen and oxygen atoms in total. The van der Waals surface area contributed by atoms with Crippen molar-refractivity contribution in [2.45, 2.75) is 31.3 Å². The molecule has 11 heavy (non-hydrogen) atoms. The number of hydrogen-bond donors (Lipinski definition) is 2. The molecule has 0 unspecified atom stereocenters. The van der Waals surface area contributed by atoms with Crippen LogP contribution in [0.3, 0.4) is 0 Å². The van der Waals surface area contributed by atoms with Crippen molar-refractivity contribution in [3.8, 4) is 0 Å². The molecule has 1 heterocycles. The fraction of sp³-hybridized carbons (Fsp3) is 0.556. The molecule has 1 aromatic rings. The molecule has 60 valence electrons. The van der Waals surface area contributed by atoms with Gasteiger partial charge in [0.25, 0.3) is 0 Å². The van der Waals surface area contributed by atoms with E-state index in [1.165, 1.54) is 0 Å². The van der Waals surface area contributed by atoms with E-state index in [0.717, 1.165) is 31.4 Å². The van der Waals surface area contributed by atoms with E-state index in [9.17, 15) is 5.11 Å². The number of aliphatic hydroxyl groups is 1. The summed E-state index contributed by atoms with van der Waals surface area (Å²) in [6.07, 6.45) is 5.98. The fourth-order valence-corrected chi connectivity index (χ4v) is 1.85. The van der Waals surface area contributed by atoms with Crippen molar-refractivity contribution in [3.05, 3.63) is 24.0 Å². The zero-order valence-corrected chi connectivity index (χ0v) is 6.51. The van der Waals surface area contributed by atoms with E-state index in [0.29, 0.717) is 0 Å². The molecule has 0 bridgehead atoms. The van der Waals surface area contributed by atoms with Gasteiger partial charge in [0.2, 0.25) is 0 Å². The van der Waals surface area contributed by atoms with E-state index >= 15 is 0 Å². The van der Waals surface area contributed by atoms with Crippen LogP contribution in [0, 0.1) is 0 Å². The highest BCUT2D eigenvalue weighted by Crippen LogP contribution is 2.37. The summed E-state index contributed by atoms with van der Waals surface area (Å²) in [5.41, 5.74) is 0.443. The summed E-state index contributed by atoms with van der Waals surface area (Å²) in [4.78, 5) is 3.07. The average Bonchev–Trinajstić information content (AvgIpc) is 2.55. The number of rotatable bonds is 1. The number of aromatic amines is 1. The van der Waals surface area contributed by atoms with Crippen LogP contribution in [0.2, 0.25) is 0 Å². The standard InChI is InChI=1S/C9H13NO/c11-9(5-1-2-6-9)8-4-3-7-10-8/h3-4,7,10-11H,1-2,5-6H2. The molecule has 2 rings (SSSR count). The Balaban J connectivity index is 2.27. The first kappa shape index (κ1) is 6.92. The average molecular weight is 151 g/mol. The van der Waals surface area contributed by atoms with Crippen molar-refractivity contribution in [1.29, 1.82) is 0 Å². The van der Waals surface area contributed by atoms with Gasteiger partial charge in [-0.3, -0.25) is 0 Å². The second-order valence-electron chi connectivity index (χ2n) is 3.32. The van der Waals surface area contributed by atoms with E-state index in [2.05, 4.69) is 4.98 Å². The smallest absolute Gasteiger partial charge is 0.104 e. The Labute approximate surface area is 66.3 Å². The van der Waals surface area contributed by atoms with Gasteiger partial charge < -0.3 is 10.1 Å². The molecule has 1 aliphatic rings. The molecule has 0 saturated heterocycles. The maximum absolute atomic E-state index is 10.0. The minimum Gasteiger partial charge on any atom is -0.384 e. The van der Waals surface area contributed by atoms with Crippen LogP contribution in [0.1, 0.15) is 31.4 Å². The summed E-state index contributed by atoms with van der Waals surface area (Å²) >= 11 is 0. The topological polar surface area (TPSA) is 36.0 Å². The zero-order chi connectivity index (χ0) is 7.73. The number of hydrogen-bond acceptors (Lipinski definition) is 1. The van der Waals surface area contributed by atoms with Gasteiger partial charge >= 0.3 is 0 Å². The van der Waals surface area contributed by atoms with E-state index in [1.54, 1.807) is 0 Å². The first-order valence-electron chi connectivity index (χ1n) is 4.17. The highest BCUT2D eigenvalue weighted by molar-refractivity contribution is 5.14. The maximum atomic E-state index is 10.0. The normalized spacial score (nSPS) is 22.3. The molecule has 1 fully saturated rings. The van der Waals surface area contributed by atoms with Crippen molar-refractivity contribution >= 4 is 0 Å². The molecule has 0 atom stereocenters. The Morgan fingerprint density at radius 3 is 2.64 bits per heavy atom. The van der Waals surface area contributed by atoms with Crippen LogP contribution in [-0.2, 0) is 5.60 Å². The third-order valence-electron chi connectivity index (χ3n) is 2.53. The predicted octanol–water partition coefficient (Wildman–Crippen LogP) is 1.78. The minimum atomic E-state index is -0.538. The number of H-pyrrole nitrogens is 1. The molecule has 0 spiro atoms. The second kappa shape index (κ2) is 2.38. The highest BCUT2D eigenvalue weighted by atomic mass is 16.3. The molecule has 1 aromatic heterocycles. The van der Waals surface area contributed by atoms with Crippen LogP contribution in [0.5, 0.6) is 0 Å². The van der Waals surface area contributed by atoms with E-state index < -0.39 is 5.60 Å². The van der Waals surface area contributed by atoms with Crippen LogP contribution in [-0.4, -0.2) is 10.1 Å². The summed E-state index contributed by atoms with van der Waals surface area (Å²) in [6.45, 7) is 0. The van der Waals surface area contributed by atoms with Gasteiger partial charge in [-0.15, -0.1) is 0 Å². The Morgan fingerprint density at radius 1 is 1.36 bits per heavy atom. The Morgan fingerprint density at radius 2 is 2.09 bits per heavy atom. The fourth-order valence-electron chi connectivity index (χ4n) is 1.85. The highest BCUT2D eigenvalue weighted by Gasteiger charge is 2.33. The van der Waals surface area contributed by atoms with E-state index in [1.807, 2.05) is 18.3 Å². The Hall–Kier alpha value is -0.760. The summed E-state index contributed by atoms with van der Waals surface area (Å²) in [5.74, 6) is 0. The van der Waals surface area contributed by atoms with Gasteiger partial charge in [-0.25, -0.2) is 0 Å². The first-order valence-corrected chi connectivity index (χ1v) is 4.17. The van der Waals surface area contributed by atoms with E-state index in [-0.39, 0.29) is 0 Å². The van der Waals surface area contributed by atoms with Crippen LogP contribution in [0.4, 0.5) is 0 Å². The van der Waals surface area contributed by atoms with Gasteiger partial charge in [0.05, 0.1) is 0 Å². The largest absolute Gasteiger partial charge is 0.384 e. The Kier molecular flexibility index (Phi) is 1.50. The Bertz CT molecular complexity index is 222. The lowest BCUT2D eigenvalue weighted by Crippen LogP contribution is -2.20. The van der Waals surface area contributed by atoms with Crippen molar-refractivity contribution in [2.24, 2.45) is 0 Å². The monoisotopic (exact) mass is 151 g/mol. The maximum Gasteiger partial charge on any atom is 0.104 e. The van der Waals surface area contributed by atoms with Gasteiger partial charge in [0, 0.05) is 11.9 Å². The number of nitrogens with one attached hydrogen (secondary N) is 1. The zero-order valence-electron chi connectivity index (χ0n) is 6.51. The van der Waals surface area contributed by atoms with Crippen LogP contribution >= 0.6 is 0 Å². The van der Waals surface area contributed by atoms with Gasteiger partial charge in [0.15, 0.2) is 0 Å². The minimum absolute atomic E-state index is 0.538. The predicted molar refractivity (Wildman–Crippen MR) is 43.2 cm³/mol. The van der Waals surface area contributed by atoms with Gasteiger partial charge in [-0.1, -0.05) is 12.8 Å². The molecular weight excluding hydrogens is 138 g/mol. The van der Waals surface area contributed by atoms with Crippen LogP contribution in [0.25, 0.3) is 0 Å². The van der Waals surface area contributed by atoms with Crippen molar-refractivity contribution in [1.82, 2.24) is 4.98 Å². The third kappa shape index (κ3) is 1.07. The third-order valence-corrected chi connectivity index (χ3v) is 2.53. The second-order valence-corrected chi connectivity index (χ2v) is 3.32. The van der Waals surface area contributed by atoms with E-state index in [4.69, 9.17) is 0 Å². The van der Waals surface area contributed by atoms with Gasteiger partial charge in [-0.2, -0.15) is 0 Å². The summed E-state index contributed by atoms with van der Waals surface area (Å²) in [6, 6.07) is 3.90. The lowest BCUT2D eigenvalue weighted by atomic mass is 9.99. The summed E-state index contributed by atoms with van der Waals surface area (Å²) < 4.78 is 0. The quantitative estimate of drug-likeness (QED) is 0.630. The molecule has 1 saturated carbocycles. The lowest BCUT2D eigenvalue weighted by Gasteiger charge is -2.20. The molecule has 0 aromatic carbocycles. The molecule has 2 heteroatoms. The lowest BCUT2D eigenvalue weighted by molar-refractivity contribution is 0.0405. The summed E-state index contributed by atoms with van der Waals surface area (Å²) in [5, 5.41) is 10.0. The SMILES string of the molecule is OC1(c2ccc[nH]2)CCCC1. The molecule has 1 aliphatic carbocycles. The molecule has 0 amide bonds. The van der Waals surface area contributed by atoms with Crippen molar-refractivity contribution in [3.63, 3.8) is 0 Å². The first-order chi connectivity index (χ1) is 5.31. The van der Waals surface area contributed by atoms with Crippen LogP contribution < -0.4 is 0 Å². The summed E-state index contributed by atoms with van der Waals surface area (Å²) in [7, 11) is 0. The van der Waals surface area contributed by atoms with Crippen molar-refractivity contribution in [2.75, 3.05) is 0 Å². The molecule has 0 aliphatic heterocycles. The molecule has 2 N–H and O–H groups in total.